The van der Waals surface area contributed by atoms with Crippen LogP contribution in [0.2, 0.25) is 5.02 Å². The molecule has 0 radical (unpaired) electrons. The molecule has 1 nitrogen and oxygen atoms in total. The molecule has 1 N–H and O–H groups in total. The lowest BCUT2D eigenvalue weighted by Crippen LogP contribution is -1.88. The first-order valence-electron chi connectivity index (χ1n) is 4.56. The van der Waals surface area contributed by atoms with Gasteiger partial charge in [0.15, 0.2) is 0 Å². The average Bonchev–Trinajstić information content (AvgIpc) is 2.25. The molecule has 2 rings (SSSR count). The fraction of sp³-hybridized carbons (Fsp3) is 0. The number of thiol groups is 1. The summed E-state index contributed by atoms with van der Waals surface area (Å²) in [7, 11) is 0. The van der Waals surface area contributed by atoms with Crippen LogP contribution in [0, 0.1) is 0 Å². The molecule has 0 aromatic heterocycles. The Labute approximate surface area is 99.5 Å². The molecule has 0 spiro atoms. The van der Waals surface area contributed by atoms with E-state index in [0.29, 0.717) is 0 Å². The molecule has 0 aliphatic carbocycles. The van der Waals surface area contributed by atoms with Gasteiger partial charge in [-0.2, -0.15) is 0 Å². The van der Waals surface area contributed by atoms with E-state index in [1.165, 1.54) is 0 Å². The van der Waals surface area contributed by atoms with Crippen molar-refractivity contribution in [2.45, 2.75) is 4.90 Å². The molecule has 0 atom stereocenters. The van der Waals surface area contributed by atoms with Crippen LogP contribution in [-0.2, 0) is 0 Å². The van der Waals surface area contributed by atoms with E-state index in [-0.39, 0.29) is 0 Å². The third-order valence-corrected chi connectivity index (χ3v) is 2.55. The highest BCUT2D eigenvalue weighted by molar-refractivity contribution is 7.80. The molecule has 0 saturated carbocycles. The van der Waals surface area contributed by atoms with Gasteiger partial charge in [-0.3, -0.25) is 0 Å². The topological polar surface area (TPSA) is 12.0 Å². The van der Waals surface area contributed by atoms with Crippen molar-refractivity contribution >= 4 is 35.6 Å². The first kappa shape index (κ1) is 10.4. The molecular weight excluding hydrogens is 226 g/mol. The lowest BCUT2D eigenvalue weighted by atomic mass is 10.3. The van der Waals surface area contributed by atoms with Gasteiger partial charge < -0.3 is 5.32 Å². The monoisotopic (exact) mass is 235 g/mol. The number of nitrogens with one attached hydrogen (secondary N) is 1. The van der Waals surface area contributed by atoms with E-state index in [2.05, 4.69) is 17.9 Å². The Bertz CT molecular complexity index is 393. The smallest absolute Gasteiger partial charge is 0.0407 e. The molecule has 3 heteroatoms. The van der Waals surface area contributed by atoms with Crippen molar-refractivity contribution in [1.82, 2.24) is 0 Å². The molecular formula is C12H10ClNS. The summed E-state index contributed by atoms with van der Waals surface area (Å²) in [6, 6.07) is 15.5. The minimum absolute atomic E-state index is 0.742. The largest absolute Gasteiger partial charge is 0.356 e. The van der Waals surface area contributed by atoms with Crippen LogP contribution < -0.4 is 5.32 Å². The van der Waals surface area contributed by atoms with Gasteiger partial charge in [0.2, 0.25) is 0 Å². The van der Waals surface area contributed by atoms with Gasteiger partial charge in [0.25, 0.3) is 0 Å². The maximum Gasteiger partial charge on any atom is 0.0407 e. The third-order valence-electron chi connectivity index (χ3n) is 2.00. The van der Waals surface area contributed by atoms with Crippen molar-refractivity contribution in [3.63, 3.8) is 0 Å². The maximum absolute atomic E-state index is 5.80. The Hall–Kier alpha value is -1.12. The van der Waals surface area contributed by atoms with Crippen molar-refractivity contribution in [2.75, 3.05) is 5.32 Å². The maximum atomic E-state index is 5.80. The molecule has 0 amide bonds. The van der Waals surface area contributed by atoms with E-state index < -0.39 is 0 Å². The molecule has 76 valence electrons. The third kappa shape index (κ3) is 2.91. The molecule has 0 aliphatic rings. The number of benzene rings is 2. The van der Waals surface area contributed by atoms with E-state index in [0.717, 1.165) is 21.3 Å². The van der Waals surface area contributed by atoms with Crippen molar-refractivity contribution in [3.05, 3.63) is 53.6 Å². The zero-order chi connectivity index (χ0) is 10.7. The van der Waals surface area contributed by atoms with Gasteiger partial charge in [-0.15, -0.1) is 12.6 Å². The highest BCUT2D eigenvalue weighted by atomic mass is 35.5. The van der Waals surface area contributed by atoms with Crippen LogP contribution in [0.1, 0.15) is 0 Å². The van der Waals surface area contributed by atoms with E-state index >= 15 is 0 Å². The summed E-state index contributed by atoms with van der Waals surface area (Å²) in [6.45, 7) is 0. The van der Waals surface area contributed by atoms with Crippen LogP contribution in [0.15, 0.2) is 53.4 Å². The van der Waals surface area contributed by atoms with E-state index in [9.17, 15) is 0 Å². The van der Waals surface area contributed by atoms with Crippen LogP contribution >= 0.6 is 24.2 Å². The van der Waals surface area contributed by atoms with Gasteiger partial charge in [0.1, 0.15) is 0 Å². The zero-order valence-corrected chi connectivity index (χ0v) is 9.59. The Morgan fingerprint density at radius 2 is 1.27 bits per heavy atom. The van der Waals surface area contributed by atoms with Crippen LogP contribution in [0.4, 0.5) is 11.4 Å². The predicted molar refractivity (Wildman–Crippen MR) is 68.4 cm³/mol. The van der Waals surface area contributed by atoms with E-state index in [1.807, 2.05) is 48.5 Å². The number of hydrogen-bond acceptors (Lipinski definition) is 2. The standard InChI is InChI=1S/C12H10ClNS/c13-9-1-3-10(4-2-9)14-11-5-7-12(15)8-6-11/h1-8,14-15H. The van der Waals surface area contributed by atoms with Gasteiger partial charge in [-0.05, 0) is 48.5 Å². The van der Waals surface area contributed by atoms with Crippen LogP contribution in [0.25, 0.3) is 0 Å². The second kappa shape index (κ2) is 4.60. The number of hydrogen-bond donors (Lipinski definition) is 2. The van der Waals surface area contributed by atoms with Crippen molar-refractivity contribution < 1.29 is 0 Å². The second-order valence-corrected chi connectivity index (χ2v) is 4.13. The Morgan fingerprint density at radius 3 is 1.80 bits per heavy atom. The fourth-order valence-corrected chi connectivity index (χ4v) is 1.52. The number of halogens is 1. The van der Waals surface area contributed by atoms with Gasteiger partial charge >= 0.3 is 0 Å². The fourth-order valence-electron chi connectivity index (χ4n) is 1.24. The summed E-state index contributed by atoms with van der Waals surface area (Å²) in [5.74, 6) is 0. The molecule has 2 aromatic carbocycles. The average molecular weight is 236 g/mol. The first-order chi connectivity index (χ1) is 7.24. The van der Waals surface area contributed by atoms with E-state index in [1.54, 1.807) is 0 Å². The molecule has 0 fully saturated rings. The second-order valence-electron chi connectivity index (χ2n) is 3.18. The van der Waals surface area contributed by atoms with E-state index in [4.69, 9.17) is 11.6 Å². The summed E-state index contributed by atoms with van der Waals surface area (Å²) >= 11 is 10.0. The van der Waals surface area contributed by atoms with Crippen LogP contribution in [-0.4, -0.2) is 0 Å². The Morgan fingerprint density at radius 1 is 0.800 bits per heavy atom. The van der Waals surface area contributed by atoms with Gasteiger partial charge in [-0.1, -0.05) is 11.6 Å². The molecule has 0 aliphatic heterocycles. The number of rotatable bonds is 2. The summed E-state index contributed by atoms with van der Waals surface area (Å²) < 4.78 is 0. The molecule has 15 heavy (non-hydrogen) atoms. The molecule has 0 heterocycles. The predicted octanol–water partition coefficient (Wildman–Crippen LogP) is 4.37. The van der Waals surface area contributed by atoms with Gasteiger partial charge in [0, 0.05) is 21.3 Å². The molecule has 2 aromatic rings. The minimum atomic E-state index is 0.742. The number of anilines is 2. The van der Waals surface area contributed by atoms with Gasteiger partial charge in [0.05, 0.1) is 0 Å². The van der Waals surface area contributed by atoms with Crippen molar-refractivity contribution in [2.24, 2.45) is 0 Å². The highest BCUT2D eigenvalue weighted by Crippen LogP contribution is 2.19. The van der Waals surface area contributed by atoms with Crippen molar-refractivity contribution in [1.29, 1.82) is 0 Å². The highest BCUT2D eigenvalue weighted by Gasteiger charge is 1.94. The van der Waals surface area contributed by atoms with Gasteiger partial charge in [-0.25, -0.2) is 0 Å². The van der Waals surface area contributed by atoms with Crippen molar-refractivity contribution in [3.8, 4) is 0 Å². The van der Waals surface area contributed by atoms with Crippen LogP contribution in [0.3, 0.4) is 0 Å². The normalized spacial score (nSPS) is 10.0. The first-order valence-corrected chi connectivity index (χ1v) is 5.38. The molecule has 0 saturated heterocycles. The zero-order valence-electron chi connectivity index (χ0n) is 7.94. The van der Waals surface area contributed by atoms with Crippen LogP contribution in [0.5, 0.6) is 0 Å². The summed E-state index contributed by atoms with van der Waals surface area (Å²) in [5.41, 5.74) is 2.06. The Kier molecular flexibility index (Phi) is 3.19. The molecule has 0 unspecified atom stereocenters. The minimum Gasteiger partial charge on any atom is -0.356 e. The summed E-state index contributed by atoms with van der Waals surface area (Å²) in [4.78, 5) is 0.955. The quantitative estimate of drug-likeness (QED) is 0.737. The lowest BCUT2D eigenvalue weighted by Gasteiger charge is -2.06. The SMILES string of the molecule is Sc1ccc(Nc2ccc(Cl)cc2)cc1. The summed E-state index contributed by atoms with van der Waals surface area (Å²) in [6.07, 6.45) is 0. The Balaban J connectivity index is 2.15. The lowest BCUT2D eigenvalue weighted by molar-refractivity contribution is 1.45. The summed E-state index contributed by atoms with van der Waals surface area (Å²) in [5, 5.41) is 4.01. The molecule has 0 bridgehead atoms.